The molecule has 0 aromatic heterocycles. The van der Waals surface area contributed by atoms with Crippen LogP contribution in [0.25, 0.3) is 0 Å². The molecule has 0 radical (unpaired) electrons. The van der Waals surface area contributed by atoms with Crippen LogP contribution in [0.4, 0.5) is 0 Å². The third kappa shape index (κ3) is 3.58. The van der Waals surface area contributed by atoms with E-state index in [1.54, 1.807) is 19.2 Å². The van der Waals surface area contributed by atoms with Crippen LogP contribution in [-0.2, 0) is 16.0 Å². The minimum Gasteiger partial charge on any atom is -0.502 e. The van der Waals surface area contributed by atoms with Crippen LogP contribution >= 0.6 is 0 Å². The highest BCUT2D eigenvalue weighted by molar-refractivity contribution is 5.52. The highest BCUT2D eigenvalue weighted by Gasteiger charge is 2.34. The molecule has 1 aliphatic heterocycles. The van der Waals surface area contributed by atoms with Crippen molar-refractivity contribution in [2.45, 2.75) is 18.6 Å². The average molecular weight is 297 g/mol. The Labute approximate surface area is 125 Å². The summed E-state index contributed by atoms with van der Waals surface area (Å²) in [4.78, 5) is 0. The van der Waals surface area contributed by atoms with Gasteiger partial charge in [-0.25, -0.2) is 0 Å². The predicted octanol–water partition coefficient (Wildman–Crippen LogP) is 1.30. The summed E-state index contributed by atoms with van der Waals surface area (Å²) < 4.78 is 21.3. The van der Waals surface area contributed by atoms with E-state index in [1.165, 1.54) is 14.2 Å². The molecule has 6 heteroatoms. The van der Waals surface area contributed by atoms with Crippen molar-refractivity contribution in [2.24, 2.45) is 0 Å². The van der Waals surface area contributed by atoms with Crippen molar-refractivity contribution in [1.29, 1.82) is 0 Å². The van der Waals surface area contributed by atoms with Crippen LogP contribution in [0.3, 0.4) is 0 Å². The molecule has 1 fully saturated rings. The minimum atomic E-state index is -0.245. The quantitative estimate of drug-likeness (QED) is 0.791. The van der Waals surface area contributed by atoms with Crippen LogP contribution in [0.2, 0.25) is 0 Å². The number of nitrogens with one attached hydrogen (secondary N) is 1. The van der Waals surface area contributed by atoms with E-state index in [9.17, 15) is 5.11 Å². The summed E-state index contributed by atoms with van der Waals surface area (Å²) in [5.41, 5.74) is 0.720. The fourth-order valence-corrected chi connectivity index (χ4v) is 2.45. The van der Waals surface area contributed by atoms with Crippen molar-refractivity contribution in [3.05, 3.63) is 17.7 Å². The lowest BCUT2D eigenvalue weighted by molar-refractivity contribution is -0.0159. The molecule has 1 unspecified atom stereocenters. The van der Waals surface area contributed by atoms with Crippen LogP contribution in [0.1, 0.15) is 12.0 Å². The fraction of sp³-hybridized carbons (Fsp3) is 0.600. The highest BCUT2D eigenvalue weighted by Crippen LogP contribution is 2.37. The van der Waals surface area contributed by atoms with Crippen molar-refractivity contribution >= 4 is 0 Å². The molecule has 1 aliphatic rings. The summed E-state index contributed by atoms with van der Waals surface area (Å²) in [6.07, 6.45) is 0.888. The van der Waals surface area contributed by atoms with E-state index in [0.717, 1.165) is 18.6 Å². The number of ether oxygens (including phenoxy) is 4. The van der Waals surface area contributed by atoms with Crippen molar-refractivity contribution in [3.8, 4) is 17.2 Å². The van der Waals surface area contributed by atoms with E-state index in [4.69, 9.17) is 18.9 Å². The van der Waals surface area contributed by atoms with Crippen molar-refractivity contribution < 1.29 is 24.1 Å². The van der Waals surface area contributed by atoms with Gasteiger partial charge in [-0.05, 0) is 17.7 Å². The molecule has 1 aromatic rings. The van der Waals surface area contributed by atoms with Gasteiger partial charge in [0.1, 0.15) is 5.60 Å². The minimum absolute atomic E-state index is 0.0151. The Morgan fingerprint density at radius 2 is 1.90 bits per heavy atom. The smallest absolute Gasteiger partial charge is 0.200 e. The van der Waals surface area contributed by atoms with Crippen LogP contribution in [0, 0.1) is 0 Å². The van der Waals surface area contributed by atoms with Gasteiger partial charge in [0.05, 0.1) is 20.8 Å². The molecule has 0 spiro atoms. The van der Waals surface area contributed by atoms with Gasteiger partial charge in [0.25, 0.3) is 0 Å². The summed E-state index contributed by atoms with van der Waals surface area (Å²) >= 11 is 0. The number of hydrogen-bond donors (Lipinski definition) is 2. The molecule has 0 amide bonds. The van der Waals surface area contributed by atoms with Crippen molar-refractivity contribution in [2.75, 3.05) is 41.1 Å². The molecule has 2 N–H and O–H groups in total. The standard InChI is InChI=1S/C15H23NO5/c1-18-12-6-11(7-13(19-2)14(12)17)8-16-9-15(20-3)4-5-21-10-15/h6-7,16-17H,4-5,8-10H2,1-3H3. The Bertz CT molecular complexity index is 446. The number of phenols is 1. The summed E-state index contributed by atoms with van der Waals surface area (Å²) in [6.45, 7) is 2.67. The molecule has 6 nitrogen and oxygen atoms in total. The Balaban J connectivity index is 1.99. The highest BCUT2D eigenvalue weighted by atomic mass is 16.5. The molecule has 0 saturated carbocycles. The van der Waals surface area contributed by atoms with Crippen LogP contribution in [0.5, 0.6) is 17.2 Å². The topological polar surface area (TPSA) is 69.2 Å². The zero-order valence-electron chi connectivity index (χ0n) is 12.8. The van der Waals surface area contributed by atoms with Crippen molar-refractivity contribution in [3.63, 3.8) is 0 Å². The predicted molar refractivity (Wildman–Crippen MR) is 78.1 cm³/mol. The van der Waals surface area contributed by atoms with Gasteiger partial charge in [0, 0.05) is 33.2 Å². The molecule has 1 atom stereocenters. The normalized spacial score (nSPS) is 21.5. The van der Waals surface area contributed by atoms with Gasteiger partial charge in [-0.15, -0.1) is 0 Å². The first kappa shape index (κ1) is 15.9. The molecule has 0 aliphatic carbocycles. The maximum atomic E-state index is 9.88. The third-order valence-corrected chi connectivity index (χ3v) is 3.82. The monoisotopic (exact) mass is 297 g/mol. The molecule has 0 bridgehead atoms. The summed E-state index contributed by atoms with van der Waals surface area (Å²) in [5, 5.41) is 13.2. The van der Waals surface area contributed by atoms with Gasteiger partial charge in [-0.3, -0.25) is 0 Å². The number of phenolic OH excluding ortho intramolecular Hbond substituents is 1. The van der Waals surface area contributed by atoms with Crippen LogP contribution in [-0.4, -0.2) is 51.8 Å². The summed E-state index contributed by atoms with van der Waals surface area (Å²) in [6, 6.07) is 3.57. The van der Waals surface area contributed by atoms with Gasteiger partial charge < -0.3 is 29.4 Å². The molecule has 21 heavy (non-hydrogen) atoms. The maximum absolute atomic E-state index is 9.88. The van der Waals surface area contributed by atoms with E-state index >= 15 is 0 Å². The number of methoxy groups -OCH3 is 3. The first-order chi connectivity index (χ1) is 10.1. The Kier molecular flexibility index (Phi) is 5.27. The molecular weight excluding hydrogens is 274 g/mol. The SMILES string of the molecule is COc1cc(CNCC2(OC)CCOC2)cc(OC)c1O. The van der Waals surface area contributed by atoms with E-state index in [0.29, 0.717) is 31.2 Å². The Morgan fingerprint density at radius 3 is 2.38 bits per heavy atom. The zero-order valence-corrected chi connectivity index (χ0v) is 12.8. The maximum Gasteiger partial charge on any atom is 0.200 e. The molecule has 2 rings (SSSR count). The number of rotatable bonds is 7. The molecular formula is C15H23NO5. The lowest BCUT2D eigenvalue weighted by Crippen LogP contribution is -2.42. The second-order valence-electron chi connectivity index (χ2n) is 5.14. The van der Waals surface area contributed by atoms with Gasteiger partial charge in [0.15, 0.2) is 11.5 Å². The van der Waals surface area contributed by atoms with E-state index in [1.807, 2.05) is 0 Å². The molecule has 1 aromatic carbocycles. The van der Waals surface area contributed by atoms with Gasteiger partial charge >= 0.3 is 0 Å². The van der Waals surface area contributed by atoms with Crippen LogP contribution < -0.4 is 14.8 Å². The van der Waals surface area contributed by atoms with Gasteiger partial charge in [-0.2, -0.15) is 0 Å². The van der Waals surface area contributed by atoms with E-state index in [2.05, 4.69) is 5.32 Å². The Morgan fingerprint density at radius 1 is 1.24 bits per heavy atom. The summed E-state index contributed by atoms with van der Waals surface area (Å²) in [7, 11) is 4.74. The first-order valence-corrected chi connectivity index (χ1v) is 6.91. The lowest BCUT2D eigenvalue weighted by Gasteiger charge is -2.26. The molecule has 1 saturated heterocycles. The number of hydrogen-bond acceptors (Lipinski definition) is 6. The van der Waals surface area contributed by atoms with Gasteiger partial charge in [-0.1, -0.05) is 0 Å². The molecule has 118 valence electrons. The van der Waals surface area contributed by atoms with Crippen molar-refractivity contribution in [1.82, 2.24) is 5.32 Å². The second-order valence-corrected chi connectivity index (χ2v) is 5.14. The first-order valence-electron chi connectivity index (χ1n) is 6.91. The second kappa shape index (κ2) is 6.98. The van der Waals surface area contributed by atoms with Gasteiger partial charge in [0.2, 0.25) is 5.75 Å². The Hall–Kier alpha value is -1.50. The number of aromatic hydroxyl groups is 1. The zero-order chi connectivity index (χ0) is 15.3. The third-order valence-electron chi connectivity index (χ3n) is 3.82. The van der Waals surface area contributed by atoms with E-state index < -0.39 is 0 Å². The van der Waals surface area contributed by atoms with Crippen LogP contribution in [0.15, 0.2) is 12.1 Å². The average Bonchev–Trinajstić information content (AvgIpc) is 2.98. The van der Waals surface area contributed by atoms with E-state index in [-0.39, 0.29) is 11.4 Å². The summed E-state index contributed by atoms with van der Waals surface area (Å²) in [5.74, 6) is 0.815. The largest absolute Gasteiger partial charge is 0.502 e. The lowest BCUT2D eigenvalue weighted by atomic mass is 10.0. The fourth-order valence-electron chi connectivity index (χ4n) is 2.45. The molecule has 1 heterocycles. The number of benzene rings is 1.